The standard InChI is InChI=1S/C24H32N2O3S/c1-3-30(28,29)25-14-6-7-15-26-22(16-25)24(23(26)17-27)20-12-10-19(11-13-20)21-9-5-4-8-18(21)2/h4-5,8-13,22-24,27H,3,6-7,14-17H2,1-2H3/t22-,23+,24-/m1/s1. The van der Waals surface area contributed by atoms with Crippen LogP contribution in [0.2, 0.25) is 0 Å². The highest BCUT2D eigenvalue weighted by atomic mass is 32.2. The maximum atomic E-state index is 12.6. The average molecular weight is 429 g/mol. The number of aliphatic hydroxyl groups is 1. The Morgan fingerprint density at radius 2 is 1.73 bits per heavy atom. The predicted octanol–water partition coefficient (Wildman–Crippen LogP) is 3.24. The second-order valence-corrected chi connectivity index (χ2v) is 10.7. The molecular weight excluding hydrogens is 396 g/mol. The Kier molecular flexibility index (Phi) is 6.30. The second kappa shape index (κ2) is 8.79. The highest BCUT2D eigenvalue weighted by molar-refractivity contribution is 7.89. The Balaban J connectivity index is 1.61. The van der Waals surface area contributed by atoms with Crippen molar-refractivity contribution in [1.29, 1.82) is 0 Å². The molecule has 0 amide bonds. The van der Waals surface area contributed by atoms with Crippen LogP contribution in [0.1, 0.15) is 36.8 Å². The van der Waals surface area contributed by atoms with Gasteiger partial charge in [-0.1, -0.05) is 48.5 Å². The summed E-state index contributed by atoms with van der Waals surface area (Å²) in [5, 5.41) is 10.1. The van der Waals surface area contributed by atoms with E-state index in [-0.39, 0.29) is 30.4 Å². The molecule has 30 heavy (non-hydrogen) atoms. The van der Waals surface area contributed by atoms with Crippen LogP contribution < -0.4 is 0 Å². The van der Waals surface area contributed by atoms with E-state index >= 15 is 0 Å². The molecule has 2 fully saturated rings. The number of fused-ring (bicyclic) bond motifs is 1. The number of hydrogen-bond acceptors (Lipinski definition) is 4. The minimum Gasteiger partial charge on any atom is -0.395 e. The Morgan fingerprint density at radius 3 is 2.40 bits per heavy atom. The van der Waals surface area contributed by atoms with Crippen molar-refractivity contribution in [2.24, 2.45) is 0 Å². The molecule has 0 spiro atoms. The van der Waals surface area contributed by atoms with Gasteiger partial charge in [0.15, 0.2) is 0 Å². The molecule has 0 aliphatic carbocycles. The molecule has 0 saturated carbocycles. The first kappa shape index (κ1) is 21.5. The quantitative estimate of drug-likeness (QED) is 0.794. The molecule has 162 valence electrons. The fourth-order valence-electron chi connectivity index (χ4n) is 5.13. The Morgan fingerprint density at radius 1 is 1.03 bits per heavy atom. The number of nitrogens with zero attached hydrogens (tertiary/aromatic N) is 2. The number of benzene rings is 2. The first-order chi connectivity index (χ1) is 14.5. The van der Waals surface area contributed by atoms with Crippen molar-refractivity contribution in [3.05, 3.63) is 59.7 Å². The molecule has 2 saturated heterocycles. The molecule has 0 radical (unpaired) electrons. The summed E-state index contributed by atoms with van der Waals surface area (Å²) in [4.78, 5) is 2.32. The van der Waals surface area contributed by atoms with Crippen LogP contribution in [0.15, 0.2) is 48.5 Å². The molecule has 0 aromatic heterocycles. The fourth-order valence-corrected chi connectivity index (χ4v) is 6.28. The maximum absolute atomic E-state index is 12.6. The normalized spacial score (nSPS) is 25.8. The molecule has 0 unspecified atom stereocenters. The van der Waals surface area contributed by atoms with E-state index in [1.807, 2.05) is 6.07 Å². The SMILES string of the molecule is CCS(=O)(=O)N1CCCCN2[C@H](C1)[C@@H](c1ccc(-c3ccccc3C)cc1)[C@@H]2CO. The van der Waals surface area contributed by atoms with Crippen molar-refractivity contribution in [3.8, 4) is 11.1 Å². The molecule has 6 heteroatoms. The molecule has 0 bridgehead atoms. The summed E-state index contributed by atoms with van der Waals surface area (Å²) < 4.78 is 26.8. The van der Waals surface area contributed by atoms with Crippen molar-refractivity contribution in [2.45, 2.75) is 44.7 Å². The van der Waals surface area contributed by atoms with Crippen LogP contribution in [-0.4, -0.2) is 66.8 Å². The first-order valence-corrected chi connectivity index (χ1v) is 12.6. The van der Waals surface area contributed by atoms with E-state index < -0.39 is 10.0 Å². The van der Waals surface area contributed by atoms with E-state index in [1.54, 1.807) is 11.2 Å². The van der Waals surface area contributed by atoms with Crippen molar-refractivity contribution >= 4 is 10.0 Å². The monoisotopic (exact) mass is 428 g/mol. The third kappa shape index (κ3) is 3.94. The number of rotatable bonds is 5. The molecule has 3 atom stereocenters. The van der Waals surface area contributed by atoms with Gasteiger partial charge < -0.3 is 5.11 Å². The van der Waals surface area contributed by atoms with E-state index in [0.29, 0.717) is 13.1 Å². The van der Waals surface area contributed by atoms with Gasteiger partial charge in [-0.05, 0) is 55.5 Å². The van der Waals surface area contributed by atoms with Crippen LogP contribution in [0.25, 0.3) is 11.1 Å². The molecule has 2 aliphatic rings. The molecular formula is C24H32N2O3S. The van der Waals surface area contributed by atoms with E-state index in [0.717, 1.165) is 19.4 Å². The topological polar surface area (TPSA) is 60.9 Å². The number of sulfonamides is 1. The second-order valence-electron chi connectivity index (χ2n) is 8.48. The summed E-state index contributed by atoms with van der Waals surface area (Å²) >= 11 is 0. The highest BCUT2D eigenvalue weighted by Gasteiger charge is 2.49. The molecule has 2 heterocycles. The van der Waals surface area contributed by atoms with Crippen molar-refractivity contribution < 1.29 is 13.5 Å². The molecule has 5 nitrogen and oxygen atoms in total. The summed E-state index contributed by atoms with van der Waals surface area (Å²) in [6.07, 6.45) is 1.83. The van der Waals surface area contributed by atoms with Gasteiger partial charge in [0, 0.05) is 31.1 Å². The van der Waals surface area contributed by atoms with Crippen molar-refractivity contribution in [1.82, 2.24) is 9.21 Å². The minimum absolute atomic E-state index is 0.0589. The van der Waals surface area contributed by atoms with E-state index in [1.165, 1.54) is 22.3 Å². The fraction of sp³-hybridized carbons (Fsp3) is 0.500. The summed E-state index contributed by atoms with van der Waals surface area (Å²) in [5.41, 5.74) is 4.83. The van der Waals surface area contributed by atoms with Crippen LogP contribution in [0, 0.1) is 6.92 Å². The highest BCUT2D eigenvalue weighted by Crippen LogP contribution is 2.42. The number of aliphatic hydroxyl groups excluding tert-OH is 1. The average Bonchev–Trinajstić information content (AvgIpc) is 2.73. The van der Waals surface area contributed by atoms with Gasteiger partial charge in [0.25, 0.3) is 0 Å². The third-order valence-electron chi connectivity index (χ3n) is 6.84. The van der Waals surface area contributed by atoms with Gasteiger partial charge in [-0.2, -0.15) is 0 Å². The Bertz CT molecular complexity index is 974. The number of hydrogen-bond donors (Lipinski definition) is 1. The number of aryl methyl sites for hydroxylation is 1. The van der Waals surface area contributed by atoms with Crippen LogP contribution in [-0.2, 0) is 10.0 Å². The molecule has 4 rings (SSSR count). The largest absolute Gasteiger partial charge is 0.395 e. The molecule has 2 aliphatic heterocycles. The Hall–Kier alpha value is -1.73. The van der Waals surface area contributed by atoms with Crippen LogP contribution >= 0.6 is 0 Å². The van der Waals surface area contributed by atoms with Crippen LogP contribution in [0.3, 0.4) is 0 Å². The van der Waals surface area contributed by atoms with Gasteiger partial charge in [-0.25, -0.2) is 12.7 Å². The van der Waals surface area contributed by atoms with Gasteiger partial charge in [0.05, 0.1) is 12.4 Å². The maximum Gasteiger partial charge on any atom is 0.213 e. The van der Waals surface area contributed by atoms with Gasteiger partial charge in [-0.15, -0.1) is 0 Å². The molecule has 1 N–H and O–H groups in total. The van der Waals surface area contributed by atoms with E-state index in [2.05, 4.69) is 54.3 Å². The third-order valence-corrected chi connectivity index (χ3v) is 8.69. The summed E-state index contributed by atoms with van der Waals surface area (Å²) in [6.45, 7) is 5.96. The van der Waals surface area contributed by atoms with Crippen LogP contribution in [0.5, 0.6) is 0 Å². The minimum atomic E-state index is -3.22. The molecule has 2 aromatic rings. The van der Waals surface area contributed by atoms with Gasteiger partial charge >= 0.3 is 0 Å². The van der Waals surface area contributed by atoms with Gasteiger partial charge in [0.1, 0.15) is 0 Å². The van der Waals surface area contributed by atoms with E-state index in [9.17, 15) is 13.5 Å². The zero-order valence-corrected chi connectivity index (χ0v) is 18.7. The van der Waals surface area contributed by atoms with E-state index in [4.69, 9.17) is 0 Å². The lowest BCUT2D eigenvalue weighted by atomic mass is 9.74. The predicted molar refractivity (Wildman–Crippen MR) is 121 cm³/mol. The lowest BCUT2D eigenvalue weighted by molar-refractivity contribution is -0.0553. The van der Waals surface area contributed by atoms with Crippen LogP contribution in [0.4, 0.5) is 0 Å². The zero-order chi connectivity index (χ0) is 21.3. The first-order valence-electron chi connectivity index (χ1n) is 11.0. The lowest BCUT2D eigenvalue weighted by Gasteiger charge is -2.57. The van der Waals surface area contributed by atoms with Gasteiger partial charge in [0.2, 0.25) is 10.0 Å². The summed E-state index contributed by atoms with van der Waals surface area (Å²) in [7, 11) is -3.22. The van der Waals surface area contributed by atoms with Gasteiger partial charge in [-0.3, -0.25) is 4.90 Å². The van der Waals surface area contributed by atoms with Crippen molar-refractivity contribution in [2.75, 3.05) is 32.0 Å². The summed E-state index contributed by atoms with van der Waals surface area (Å²) in [5.74, 6) is 0.285. The lowest BCUT2D eigenvalue weighted by Crippen LogP contribution is -2.67. The summed E-state index contributed by atoms with van der Waals surface area (Å²) in [6, 6.07) is 17.1. The zero-order valence-electron chi connectivity index (χ0n) is 17.9. The molecule has 2 aromatic carbocycles. The smallest absolute Gasteiger partial charge is 0.213 e. The van der Waals surface area contributed by atoms with Crippen molar-refractivity contribution in [3.63, 3.8) is 0 Å². The Labute approximate surface area is 180 Å².